The molecule has 28 heavy (non-hydrogen) atoms. The fourth-order valence-electron chi connectivity index (χ4n) is 3.53. The van der Waals surface area contributed by atoms with Gasteiger partial charge in [-0.2, -0.15) is 5.10 Å². The molecule has 1 atom stereocenters. The van der Waals surface area contributed by atoms with Crippen LogP contribution < -0.4 is 0 Å². The summed E-state index contributed by atoms with van der Waals surface area (Å²) >= 11 is 0. The van der Waals surface area contributed by atoms with Crippen LogP contribution in [0.25, 0.3) is 11.4 Å². The fourth-order valence-corrected chi connectivity index (χ4v) is 3.53. The van der Waals surface area contributed by atoms with Crippen LogP contribution in [0.15, 0.2) is 54.9 Å². The highest BCUT2D eigenvalue weighted by atomic mass is 16.6. The summed E-state index contributed by atoms with van der Waals surface area (Å²) in [4.78, 5) is 16.8. The van der Waals surface area contributed by atoms with Gasteiger partial charge in [0, 0.05) is 37.3 Å². The van der Waals surface area contributed by atoms with E-state index in [0.717, 1.165) is 19.5 Å². The molecule has 1 aliphatic heterocycles. The summed E-state index contributed by atoms with van der Waals surface area (Å²) in [5.41, 5.74) is 3.44. The first kappa shape index (κ1) is 18.3. The van der Waals surface area contributed by atoms with Crippen molar-refractivity contribution in [2.45, 2.75) is 25.6 Å². The molecule has 3 aromatic rings. The van der Waals surface area contributed by atoms with E-state index in [1.807, 2.05) is 6.07 Å². The molecule has 0 fully saturated rings. The normalized spacial score (nSPS) is 15.2. The van der Waals surface area contributed by atoms with Crippen molar-refractivity contribution >= 4 is 5.69 Å². The lowest BCUT2D eigenvalue weighted by Gasteiger charge is -2.30. The molecular formula is C20H21N5O3. The van der Waals surface area contributed by atoms with Crippen molar-refractivity contribution in [3.05, 3.63) is 76.1 Å². The van der Waals surface area contributed by atoms with Gasteiger partial charge in [0.2, 0.25) is 0 Å². The van der Waals surface area contributed by atoms with Crippen LogP contribution in [-0.4, -0.2) is 48.9 Å². The molecule has 0 radical (unpaired) electrons. The first-order chi connectivity index (χ1) is 13.6. The van der Waals surface area contributed by atoms with Crippen LogP contribution >= 0.6 is 0 Å². The summed E-state index contributed by atoms with van der Waals surface area (Å²) in [6.45, 7) is 2.69. The topological polar surface area (TPSA) is 97.3 Å². The Morgan fingerprint density at radius 2 is 1.86 bits per heavy atom. The standard InChI is InChI=1S/C20H21N5O3/c26-19(12-23-10-9-15-3-1-2-4-17(15)11-23)13-24-14-21-20(22-24)16-5-7-18(8-6-16)25(27)28/h1-8,14,19,26H,9-13H2. The van der Waals surface area contributed by atoms with Crippen molar-refractivity contribution in [2.75, 3.05) is 13.1 Å². The van der Waals surface area contributed by atoms with Crippen LogP contribution in [0.2, 0.25) is 0 Å². The zero-order valence-electron chi connectivity index (χ0n) is 15.3. The number of aromatic nitrogens is 3. The van der Waals surface area contributed by atoms with Gasteiger partial charge in [-0.1, -0.05) is 24.3 Å². The molecule has 0 spiro atoms. The quantitative estimate of drug-likeness (QED) is 0.521. The van der Waals surface area contributed by atoms with E-state index in [1.165, 1.54) is 23.3 Å². The largest absolute Gasteiger partial charge is 0.390 e. The molecule has 2 aromatic carbocycles. The number of nitrogens with zero attached hydrogens (tertiary/aromatic N) is 5. The number of fused-ring (bicyclic) bond motifs is 1. The Balaban J connectivity index is 1.35. The molecule has 0 amide bonds. The highest BCUT2D eigenvalue weighted by molar-refractivity contribution is 5.56. The summed E-state index contributed by atoms with van der Waals surface area (Å²) < 4.78 is 1.61. The van der Waals surface area contributed by atoms with Crippen molar-refractivity contribution < 1.29 is 10.0 Å². The van der Waals surface area contributed by atoms with Gasteiger partial charge in [-0.15, -0.1) is 0 Å². The number of non-ortho nitro benzene ring substituents is 1. The summed E-state index contributed by atoms with van der Waals surface area (Å²) in [5.74, 6) is 0.481. The zero-order chi connectivity index (χ0) is 19.5. The van der Waals surface area contributed by atoms with Crippen molar-refractivity contribution in [3.63, 3.8) is 0 Å². The number of hydrogen-bond donors (Lipinski definition) is 1. The number of aliphatic hydroxyl groups is 1. The van der Waals surface area contributed by atoms with Crippen LogP contribution in [-0.2, 0) is 19.5 Å². The first-order valence-corrected chi connectivity index (χ1v) is 9.20. The minimum absolute atomic E-state index is 0.0294. The molecule has 4 rings (SSSR count). The Kier molecular flexibility index (Phi) is 5.14. The Morgan fingerprint density at radius 1 is 1.11 bits per heavy atom. The lowest BCUT2D eigenvalue weighted by Crippen LogP contribution is -2.38. The van der Waals surface area contributed by atoms with Crippen LogP contribution in [0.5, 0.6) is 0 Å². The highest BCUT2D eigenvalue weighted by Crippen LogP contribution is 2.20. The van der Waals surface area contributed by atoms with E-state index in [4.69, 9.17) is 0 Å². The zero-order valence-corrected chi connectivity index (χ0v) is 15.3. The number of hydrogen-bond acceptors (Lipinski definition) is 6. The van der Waals surface area contributed by atoms with Crippen molar-refractivity contribution in [3.8, 4) is 11.4 Å². The van der Waals surface area contributed by atoms with Crippen molar-refractivity contribution in [2.24, 2.45) is 0 Å². The Morgan fingerprint density at radius 3 is 2.61 bits per heavy atom. The number of nitro benzene ring substituents is 1. The summed E-state index contributed by atoms with van der Waals surface area (Å²) in [6.07, 6.45) is 2.01. The lowest BCUT2D eigenvalue weighted by molar-refractivity contribution is -0.384. The molecule has 0 bridgehead atoms. The molecule has 0 aliphatic carbocycles. The van der Waals surface area contributed by atoms with Gasteiger partial charge in [-0.25, -0.2) is 9.67 Å². The molecule has 8 nitrogen and oxygen atoms in total. The average molecular weight is 379 g/mol. The van der Waals surface area contributed by atoms with Crippen LogP contribution in [0.3, 0.4) is 0 Å². The second-order valence-corrected chi connectivity index (χ2v) is 7.00. The lowest BCUT2D eigenvalue weighted by atomic mass is 10.00. The minimum atomic E-state index is -0.559. The van der Waals surface area contributed by atoms with Gasteiger partial charge in [-0.05, 0) is 29.7 Å². The van der Waals surface area contributed by atoms with Crippen LogP contribution in [0.4, 0.5) is 5.69 Å². The predicted octanol–water partition coefficient (Wildman–Crippen LogP) is 2.27. The second-order valence-electron chi connectivity index (χ2n) is 7.00. The van der Waals surface area contributed by atoms with Gasteiger partial charge in [0.1, 0.15) is 6.33 Å². The van der Waals surface area contributed by atoms with Crippen molar-refractivity contribution in [1.29, 1.82) is 0 Å². The Bertz CT molecular complexity index is 970. The monoisotopic (exact) mass is 379 g/mol. The van der Waals surface area contributed by atoms with Crippen molar-refractivity contribution in [1.82, 2.24) is 19.7 Å². The molecule has 0 saturated carbocycles. The SMILES string of the molecule is O=[N+]([O-])c1ccc(-c2ncn(CC(O)CN3CCc4ccccc4C3)n2)cc1. The minimum Gasteiger partial charge on any atom is -0.390 e. The van der Waals surface area contributed by atoms with E-state index in [0.29, 0.717) is 24.5 Å². The maximum absolute atomic E-state index is 10.7. The van der Waals surface area contributed by atoms with Gasteiger partial charge in [0.15, 0.2) is 5.82 Å². The van der Waals surface area contributed by atoms with E-state index in [1.54, 1.807) is 23.1 Å². The maximum Gasteiger partial charge on any atom is 0.269 e. The molecule has 8 heteroatoms. The van der Waals surface area contributed by atoms with Gasteiger partial charge in [0.05, 0.1) is 17.6 Å². The van der Waals surface area contributed by atoms with Gasteiger partial charge in [0.25, 0.3) is 5.69 Å². The molecule has 0 saturated heterocycles. The van der Waals surface area contributed by atoms with Gasteiger partial charge < -0.3 is 5.11 Å². The maximum atomic E-state index is 10.7. The third-order valence-electron chi connectivity index (χ3n) is 4.95. The molecule has 1 N–H and O–H groups in total. The fraction of sp³-hybridized carbons (Fsp3) is 0.300. The molecular weight excluding hydrogens is 358 g/mol. The first-order valence-electron chi connectivity index (χ1n) is 9.20. The van der Waals surface area contributed by atoms with Gasteiger partial charge >= 0.3 is 0 Å². The smallest absolute Gasteiger partial charge is 0.269 e. The average Bonchev–Trinajstić information content (AvgIpc) is 3.16. The third kappa shape index (κ3) is 4.08. The summed E-state index contributed by atoms with van der Waals surface area (Å²) in [6, 6.07) is 14.5. The number of benzene rings is 2. The second kappa shape index (κ2) is 7.87. The third-order valence-corrected chi connectivity index (χ3v) is 4.95. The summed E-state index contributed by atoms with van der Waals surface area (Å²) in [5, 5.41) is 25.6. The number of nitro groups is 1. The molecule has 1 unspecified atom stereocenters. The molecule has 1 aromatic heterocycles. The number of aliphatic hydroxyl groups excluding tert-OH is 1. The van der Waals surface area contributed by atoms with E-state index < -0.39 is 11.0 Å². The number of rotatable bonds is 6. The Labute approximate surface area is 162 Å². The van der Waals surface area contributed by atoms with Gasteiger partial charge in [-0.3, -0.25) is 15.0 Å². The highest BCUT2D eigenvalue weighted by Gasteiger charge is 2.19. The molecule has 1 aliphatic rings. The van der Waals surface area contributed by atoms with Crippen LogP contribution in [0.1, 0.15) is 11.1 Å². The number of β-amino-alcohol motifs (C(OH)–C–C–N with tert-alkyl or cyclic N) is 1. The Hall–Kier alpha value is -3.10. The molecule has 2 heterocycles. The van der Waals surface area contributed by atoms with Crippen LogP contribution in [0, 0.1) is 10.1 Å². The molecule has 144 valence electrons. The van der Waals surface area contributed by atoms with E-state index >= 15 is 0 Å². The van der Waals surface area contributed by atoms with E-state index in [9.17, 15) is 15.2 Å². The van der Waals surface area contributed by atoms with E-state index in [-0.39, 0.29) is 5.69 Å². The van der Waals surface area contributed by atoms with E-state index in [2.05, 4.69) is 33.2 Å². The summed E-state index contributed by atoms with van der Waals surface area (Å²) in [7, 11) is 0. The predicted molar refractivity (Wildman–Crippen MR) is 104 cm³/mol.